The standard InChI is InChI=1S/C17H22N2S/c1-12-5-6-16-14(10-12)4-3-8-19(16)17(13(2)18)15-7-9-20-11-15/h5-7,9-11,13,17H,3-4,8,18H2,1-2H3. The summed E-state index contributed by atoms with van der Waals surface area (Å²) in [6.07, 6.45) is 2.40. The lowest BCUT2D eigenvalue weighted by Gasteiger charge is -2.40. The number of nitrogens with two attached hydrogens (primary N) is 1. The molecule has 0 fully saturated rings. The second-order valence-electron chi connectivity index (χ2n) is 5.79. The number of hydrogen-bond donors (Lipinski definition) is 1. The molecule has 0 saturated carbocycles. The number of anilines is 1. The molecule has 106 valence electrons. The van der Waals surface area contributed by atoms with Crippen molar-refractivity contribution < 1.29 is 0 Å². The van der Waals surface area contributed by atoms with Gasteiger partial charge in [0, 0.05) is 18.3 Å². The van der Waals surface area contributed by atoms with Crippen molar-refractivity contribution in [2.45, 2.75) is 38.8 Å². The molecule has 20 heavy (non-hydrogen) atoms. The zero-order valence-electron chi connectivity index (χ0n) is 12.2. The molecule has 1 aromatic heterocycles. The zero-order valence-corrected chi connectivity index (χ0v) is 13.0. The lowest BCUT2D eigenvalue weighted by atomic mass is 9.94. The van der Waals surface area contributed by atoms with Gasteiger partial charge in [-0.15, -0.1) is 0 Å². The fourth-order valence-corrected chi connectivity index (χ4v) is 3.94. The molecule has 2 N–H and O–H groups in total. The van der Waals surface area contributed by atoms with E-state index in [1.165, 1.54) is 35.2 Å². The Morgan fingerprint density at radius 3 is 2.85 bits per heavy atom. The van der Waals surface area contributed by atoms with E-state index in [0.29, 0.717) is 0 Å². The van der Waals surface area contributed by atoms with Crippen LogP contribution in [0, 0.1) is 6.92 Å². The minimum absolute atomic E-state index is 0.122. The number of rotatable bonds is 3. The summed E-state index contributed by atoms with van der Waals surface area (Å²) < 4.78 is 0. The average Bonchev–Trinajstić information content (AvgIpc) is 2.92. The molecule has 3 heteroatoms. The molecule has 0 saturated heterocycles. The molecule has 0 radical (unpaired) electrons. The van der Waals surface area contributed by atoms with Crippen molar-refractivity contribution in [3.63, 3.8) is 0 Å². The van der Waals surface area contributed by atoms with Crippen molar-refractivity contribution in [1.82, 2.24) is 0 Å². The molecule has 2 aromatic rings. The van der Waals surface area contributed by atoms with Gasteiger partial charge in [0.2, 0.25) is 0 Å². The number of aryl methyl sites for hydroxylation is 2. The Hall–Kier alpha value is -1.32. The van der Waals surface area contributed by atoms with Gasteiger partial charge in [-0.1, -0.05) is 17.7 Å². The molecule has 0 bridgehead atoms. The van der Waals surface area contributed by atoms with Crippen LogP contribution >= 0.6 is 11.3 Å². The molecular formula is C17H22N2S. The lowest BCUT2D eigenvalue weighted by Crippen LogP contribution is -2.42. The smallest absolute Gasteiger partial charge is 0.0698 e. The maximum absolute atomic E-state index is 6.31. The van der Waals surface area contributed by atoms with Crippen LogP contribution in [-0.4, -0.2) is 12.6 Å². The van der Waals surface area contributed by atoms with Gasteiger partial charge in [0.1, 0.15) is 0 Å². The Morgan fingerprint density at radius 2 is 2.15 bits per heavy atom. The summed E-state index contributed by atoms with van der Waals surface area (Å²) in [6.45, 7) is 5.38. The minimum atomic E-state index is 0.122. The normalized spacial score (nSPS) is 17.6. The van der Waals surface area contributed by atoms with Gasteiger partial charge in [-0.05, 0) is 60.7 Å². The highest BCUT2D eigenvalue weighted by atomic mass is 32.1. The highest BCUT2D eigenvalue weighted by Crippen LogP contribution is 2.36. The molecule has 0 amide bonds. The third-order valence-electron chi connectivity index (χ3n) is 4.11. The van der Waals surface area contributed by atoms with Crippen LogP contribution < -0.4 is 10.6 Å². The fraction of sp³-hybridized carbons (Fsp3) is 0.412. The molecule has 2 unspecified atom stereocenters. The first-order valence-electron chi connectivity index (χ1n) is 7.30. The number of hydrogen-bond acceptors (Lipinski definition) is 3. The summed E-state index contributed by atoms with van der Waals surface area (Å²) in [5.41, 5.74) is 11.8. The maximum atomic E-state index is 6.31. The Labute approximate surface area is 125 Å². The molecule has 2 heterocycles. The topological polar surface area (TPSA) is 29.3 Å². The molecule has 2 nitrogen and oxygen atoms in total. The third-order valence-corrected chi connectivity index (χ3v) is 4.81. The highest BCUT2D eigenvalue weighted by Gasteiger charge is 2.28. The second-order valence-corrected chi connectivity index (χ2v) is 6.57. The predicted molar refractivity (Wildman–Crippen MR) is 87.6 cm³/mol. The van der Waals surface area contributed by atoms with E-state index in [2.05, 4.69) is 53.8 Å². The van der Waals surface area contributed by atoms with Gasteiger partial charge in [0.25, 0.3) is 0 Å². The Kier molecular flexibility index (Phi) is 3.81. The highest BCUT2D eigenvalue weighted by molar-refractivity contribution is 7.08. The fourth-order valence-electron chi connectivity index (χ4n) is 3.25. The molecule has 0 spiro atoms. The summed E-state index contributed by atoms with van der Waals surface area (Å²) in [5.74, 6) is 0. The van der Waals surface area contributed by atoms with E-state index in [-0.39, 0.29) is 12.1 Å². The Morgan fingerprint density at radius 1 is 1.30 bits per heavy atom. The Balaban J connectivity index is 2.02. The van der Waals surface area contributed by atoms with Crippen LogP contribution in [0.25, 0.3) is 0 Å². The first-order chi connectivity index (χ1) is 9.66. The van der Waals surface area contributed by atoms with Gasteiger partial charge < -0.3 is 10.6 Å². The van der Waals surface area contributed by atoms with E-state index < -0.39 is 0 Å². The van der Waals surface area contributed by atoms with E-state index in [4.69, 9.17) is 5.73 Å². The molecule has 1 aromatic carbocycles. The number of nitrogens with zero attached hydrogens (tertiary/aromatic N) is 1. The summed E-state index contributed by atoms with van der Waals surface area (Å²) in [4.78, 5) is 2.50. The molecular weight excluding hydrogens is 264 g/mol. The monoisotopic (exact) mass is 286 g/mol. The van der Waals surface area contributed by atoms with Crippen LogP contribution in [0.5, 0.6) is 0 Å². The quantitative estimate of drug-likeness (QED) is 0.927. The van der Waals surface area contributed by atoms with E-state index in [9.17, 15) is 0 Å². The van der Waals surface area contributed by atoms with Crippen LogP contribution in [0.4, 0.5) is 5.69 Å². The summed E-state index contributed by atoms with van der Waals surface area (Å²) >= 11 is 1.75. The van der Waals surface area contributed by atoms with Crippen LogP contribution in [-0.2, 0) is 6.42 Å². The summed E-state index contributed by atoms with van der Waals surface area (Å²) in [5, 5.41) is 4.38. The van der Waals surface area contributed by atoms with Crippen LogP contribution in [0.15, 0.2) is 35.0 Å². The van der Waals surface area contributed by atoms with E-state index in [1.54, 1.807) is 11.3 Å². The van der Waals surface area contributed by atoms with E-state index in [0.717, 1.165) is 6.54 Å². The van der Waals surface area contributed by atoms with Gasteiger partial charge >= 0.3 is 0 Å². The van der Waals surface area contributed by atoms with Gasteiger partial charge in [0.15, 0.2) is 0 Å². The van der Waals surface area contributed by atoms with Crippen LogP contribution in [0.3, 0.4) is 0 Å². The second kappa shape index (κ2) is 5.58. The van der Waals surface area contributed by atoms with Crippen molar-refractivity contribution >= 4 is 17.0 Å². The summed E-state index contributed by atoms with van der Waals surface area (Å²) in [7, 11) is 0. The van der Waals surface area contributed by atoms with Crippen LogP contribution in [0.2, 0.25) is 0 Å². The van der Waals surface area contributed by atoms with E-state index >= 15 is 0 Å². The number of fused-ring (bicyclic) bond motifs is 1. The maximum Gasteiger partial charge on any atom is 0.0698 e. The van der Waals surface area contributed by atoms with Gasteiger partial charge in [-0.2, -0.15) is 11.3 Å². The Bertz CT molecular complexity index is 575. The molecule has 0 aliphatic carbocycles. The average molecular weight is 286 g/mol. The van der Waals surface area contributed by atoms with Crippen molar-refractivity contribution in [1.29, 1.82) is 0 Å². The SMILES string of the molecule is Cc1ccc2c(c1)CCCN2C(c1ccsc1)C(C)N. The summed E-state index contributed by atoms with van der Waals surface area (Å²) in [6, 6.07) is 9.42. The molecule has 1 aliphatic heterocycles. The minimum Gasteiger partial charge on any atom is -0.363 e. The first-order valence-corrected chi connectivity index (χ1v) is 8.25. The van der Waals surface area contributed by atoms with Crippen molar-refractivity contribution in [2.24, 2.45) is 5.73 Å². The third kappa shape index (κ3) is 2.48. The predicted octanol–water partition coefficient (Wildman–Crippen LogP) is 3.90. The zero-order chi connectivity index (χ0) is 14.1. The lowest BCUT2D eigenvalue weighted by molar-refractivity contribution is 0.511. The van der Waals surface area contributed by atoms with Crippen molar-refractivity contribution in [3.05, 3.63) is 51.7 Å². The molecule has 3 rings (SSSR count). The van der Waals surface area contributed by atoms with Gasteiger partial charge in [-0.25, -0.2) is 0 Å². The largest absolute Gasteiger partial charge is 0.363 e. The molecule has 1 aliphatic rings. The number of thiophene rings is 1. The van der Waals surface area contributed by atoms with Crippen molar-refractivity contribution in [3.8, 4) is 0 Å². The van der Waals surface area contributed by atoms with Crippen molar-refractivity contribution in [2.75, 3.05) is 11.4 Å². The van der Waals surface area contributed by atoms with Gasteiger partial charge in [-0.3, -0.25) is 0 Å². The number of benzene rings is 1. The van der Waals surface area contributed by atoms with Crippen LogP contribution in [0.1, 0.15) is 36.1 Å². The van der Waals surface area contributed by atoms with Gasteiger partial charge in [0.05, 0.1) is 6.04 Å². The van der Waals surface area contributed by atoms with E-state index in [1.807, 2.05) is 0 Å². The molecule has 2 atom stereocenters. The first kappa shape index (κ1) is 13.7.